The van der Waals surface area contributed by atoms with Crippen molar-refractivity contribution < 1.29 is 26.7 Å². The average Bonchev–Trinajstić information content (AvgIpc) is 2.68. The lowest BCUT2D eigenvalue weighted by molar-refractivity contribution is -0.137. The second-order valence-corrected chi connectivity index (χ2v) is 6.73. The van der Waals surface area contributed by atoms with E-state index in [1.165, 1.54) is 12.1 Å². The van der Waals surface area contributed by atoms with E-state index >= 15 is 0 Å². The Kier molecular flexibility index (Phi) is 5.91. The van der Waals surface area contributed by atoms with Crippen LogP contribution in [0.3, 0.4) is 0 Å². The monoisotopic (exact) mass is 424 g/mol. The van der Waals surface area contributed by atoms with Crippen molar-refractivity contribution >= 4 is 22.4 Å². The molecule has 30 heavy (non-hydrogen) atoms. The smallest absolute Gasteiger partial charge is 0.321 e. The van der Waals surface area contributed by atoms with Gasteiger partial charge >= 0.3 is 6.18 Å². The summed E-state index contributed by atoms with van der Waals surface area (Å²) in [4.78, 5) is 25.6. The van der Waals surface area contributed by atoms with Gasteiger partial charge in [0.05, 0.1) is 10.9 Å². The summed E-state index contributed by atoms with van der Waals surface area (Å²) in [5, 5.41) is 2.26. The lowest BCUT2D eigenvalue weighted by Crippen LogP contribution is -2.29. The number of hydrogen-bond donors (Lipinski definition) is 1. The Morgan fingerprint density at radius 2 is 1.77 bits per heavy atom. The highest BCUT2D eigenvalue weighted by molar-refractivity contribution is 6.05. The van der Waals surface area contributed by atoms with Crippen LogP contribution in [0.1, 0.15) is 35.8 Å². The predicted molar refractivity (Wildman–Crippen MR) is 102 cm³/mol. The van der Waals surface area contributed by atoms with Crippen LogP contribution in [0.4, 0.5) is 27.6 Å². The van der Waals surface area contributed by atoms with E-state index in [4.69, 9.17) is 0 Å². The Labute approximate surface area is 167 Å². The fourth-order valence-electron chi connectivity index (χ4n) is 3.04. The zero-order valence-electron chi connectivity index (χ0n) is 15.8. The molecule has 158 valence electrons. The number of hydrogen-bond acceptors (Lipinski definition) is 2. The number of amides is 1. The number of alkyl halides is 3. The normalized spacial score (nSPS) is 11.7. The summed E-state index contributed by atoms with van der Waals surface area (Å²) < 4.78 is 67.1. The summed E-state index contributed by atoms with van der Waals surface area (Å²) in [6.07, 6.45) is -3.37. The first-order valence-corrected chi connectivity index (χ1v) is 9.13. The van der Waals surface area contributed by atoms with Crippen molar-refractivity contribution in [3.63, 3.8) is 0 Å². The number of pyridine rings is 1. The van der Waals surface area contributed by atoms with Crippen molar-refractivity contribution in [2.45, 2.75) is 32.5 Å². The standard InChI is InChI=1S/C21H17F5N2O2/c1-2-3-7-28-18(9-12-8-16(22)17(23)11-15(12)20(28)30)19(29)27-14-6-4-5-13(10-14)21(24,25)26/h4-6,8-11H,2-3,7H2,1H3,(H,27,29). The van der Waals surface area contributed by atoms with Crippen molar-refractivity contribution in [3.05, 3.63) is 75.7 Å². The summed E-state index contributed by atoms with van der Waals surface area (Å²) in [5.74, 6) is -3.21. The van der Waals surface area contributed by atoms with Crippen LogP contribution >= 0.6 is 0 Å². The van der Waals surface area contributed by atoms with Gasteiger partial charge in [-0.25, -0.2) is 8.78 Å². The Morgan fingerprint density at radius 3 is 2.43 bits per heavy atom. The number of carbonyl (C=O) groups excluding carboxylic acids is 1. The molecule has 3 rings (SSSR count). The lowest BCUT2D eigenvalue weighted by atomic mass is 10.1. The third-order valence-electron chi connectivity index (χ3n) is 4.57. The van der Waals surface area contributed by atoms with E-state index in [9.17, 15) is 31.5 Å². The van der Waals surface area contributed by atoms with E-state index < -0.39 is 34.8 Å². The number of halogens is 5. The highest BCUT2D eigenvalue weighted by atomic mass is 19.4. The van der Waals surface area contributed by atoms with Gasteiger partial charge < -0.3 is 9.88 Å². The highest BCUT2D eigenvalue weighted by Gasteiger charge is 2.30. The maximum absolute atomic E-state index is 13.6. The first-order valence-electron chi connectivity index (χ1n) is 9.13. The van der Waals surface area contributed by atoms with Gasteiger partial charge in [-0.15, -0.1) is 0 Å². The van der Waals surface area contributed by atoms with E-state index in [1.54, 1.807) is 0 Å². The molecule has 9 heteroatoms. The van der Waals surface area contributed by atoms with Crippen LogP contribution < -0.4 is 10.9 Å². The predicted octanol–water partition coefficient (Wildman–Crippen LogP) is 5.35. The molecule has 1 heterocycles. The van der Waals surface area contributed by atoms with Crippen LogP contribution in [-0.2, 0) is 12.7 Å². The van der Waals surface area contributed by atoms with E-state index in [0.717, 1.165) is 34.9 Å². The van der Waals surface area contributed by atoms with Crippen molar-refractivity contribution in [1.29, 1.82) is 0 Å². The second kappa shape index (κ2) is 8.25. The summed E-state index contributed by atoms with van der Waals surface area (Å²) in [5.41, 5.74) is -1.91. The molecule has 0 aliphatic heterocycles. The molecule has 0 spiro atoms. The van der Waals surface area contributed by atoms with Gasteiger partial charge in [0, 0.05) is 12.2 Å². The number of unbranched alkanes of at least 4 members (excludes halogenated alkanes) is 1. The van der Waals surface area contributed by atoms with Crippen LogP contribution in [0.15, 0.2) is 47.3 Å². The average molecular weight is 424 g/mol. The summed E-state index contributed by atoms with van der Waals surface area (Å²) in [6, 6.07) is 6.83. The van der Waals surface area contributed by atoms with Crippen molar-refractivity contribution in [2.24, 2.45) is 0 Å². The summed E-state index contributed by atoms with van der Waals surface area (Å²) in [6.45, 7) is 2.00. The Morgan fingerprint density at radius 1 is 1.07 bits per heavy atom. The number of nitrogens with zero attached hydrogens (tertiary/aromatic N) is 1. The number of anilines is 1. The first kappa shape index (κ1) is 21.5. The molecule has 0 aliphatic carbocycles. The topological polar surface area (TPSA) is 51.1 Å². The Hall–Kier alpha value is -3.23. The van der Waals surface area contributed by atoms with Crippen LogP contribution in [0, 0.1) is 11.6 Å². The van der Waals surface area contributed by atoms with Crippen LogP contribution in [0.2, 0.25) is 0 Å². The molecule has 0 saturated heterocycles. The fourth-order valence-corrected chi connectivity index (χ4v) is 3.04. The molecule has 1 aromatic heterocycles. The summed E-state index contributed by atoms with van der Waals surface area (Å²) in [7, 11) is 0. The summed E-state index contributed by atoms with van der Waals surface area (Å²) >= 11 is 0. The third-order valence-corrected chi connectivity index (χ3v) is 4.57. The molecule has 2 aromatic carbocycles. The van der Waals surface area contributed by atoms with E-state index in [0.29, 0.717) is 12.8 Å². The minimum atomic E-state index is -4.59. The van der Waals surface area contributed by atoms with E-state index in [1.807, 2.05) is 6.92 Å². The van der Waals surface area contributed by atoms with Crippen LogP contribution in [-0.4, -0.2) is 10.5 Å². The van der Waals surface area contributed by atoms with Gasteiger partial charge in [-0.05, 0) is 48.2 Å². The van der Waals surface area contributed by atoms with Gasteiger partial charge in [0.2, 0.25) is 0 Å². The maximum atomic E-state index is 13.6. The minimum absolute atomic E-state index is 0.0147. The lowest BCUT2D eigenvalue weighted by Gasteiger charge is -2.15. The number of fused-ring (bicyclic) bond motifs is 1. The molecule has 0 radical (unpaired) electrons. The number of benzene rings is 2. The molecule has 0 aliphatic rings. The molecular weight excluding hydrogens is 407 g/mol. The van der Waals surface area contributed by atoms with E-state index in [-0.39, 0.29) is 28.7 Å². The zero-order chi connectivity index (χ0) is 22.1. The van der Waals surface area contributed by atoms with Gasteiger partial charge in [0.1, 0.15) is 5.69 Å². The minimum Gasteiger partial charge on any atom is -0.321 e. The Balaban J connectivity index is 2.08. The van der Waals surface area contributed by atoms with Gasteiger partial charge in [-0.1, -0.05) is 19.4 Å². The van der Waals surface area contributed by atoms with Crippen molar-refractivity contribution in [2.75, 3.05) is 5.32 Å². The van der Waals surface area contributed by atoms with Crippen LogP contribution in [0.5, 0.6) is 0 Å². The SMILES string of the molecule is CCCCn1c(C(=O)Nc2cccc(C(F)(F)F)c2)cc2cc(F)c(F)cc2c1=O. The number of rotatable bonds is 5. The molecule has 0 atom stereocenters. The molecule has 1 N–H and O–H groups in total. The molecule has 0 unspecified atom stereocenters. The second-order valence-electron chi connectivity index (χ2n) is 6.73. The molecule has 3 aromatic rings. The number of carbonyl (C=O) groups is 1. The quantitative estimate of drug-likeness (QED) is 0.562. The van der Waals surface area contributed by atoms with Crippen molar-refractivity contribution in [3.8, 4) is 0 Å². The van der Waals surface area contributed by atoms with Gasteiger partial charge in [0.25, 0.3) is 11.5 Å². The van der Waals surface area contributed by atoms with Gasteiger partial charge in [-0.2, -0.15) is 13.2 Å². The molecular formula is C21H17F5N2O2. The number of aromatic nitrogens is 1. The molecule has 0 bridgehead atoms. The molecule has 4 nitrogen and oxygen atoms in total. The van der Waals surface area contributed by atoms with Gasteiger partial charge in [-0.3, -0.25) is 9.59 Å². The third kappa shape index (κ3) is 4.34. The highest BCUT2D eigenvalue weighted by Crippen LogP contribution is 2.30. The molecule has 0 fully saturated rings. The zero-order valence-corrected chi connectivity index (χ0v) is 15.8. The Bertz CT molecular complexity index is 1170. The maximum Gasteiger partial charge on any atom is 0.416 e. The van der Waals surface area contributed by atoms with Crippen LogP contribution in [0.25, 0.3) is 10.8 Å². The largest absolute Gasteiger partial charge is 0.416 e. The first-order chi connectivity index (χ1) is 14.1. The number of nitrogens with one attached hydrogen (secondary N) is 1. The fraction of sp³-hybridized carbons (Fsp3) is 0.238. The van der Waals surface area contributed by atoms with Gasteiger partial charge in [0.15, 0.2) is 11.6 Å². The molecule has 0 saturated carbocycles. The molecule has 1 amide bonds. The van der Waals surface area contributed by atoms with E-state index in [2.05, 4.69) is 5.32 Å². The van der Waals surface area contributed by atoms with Crippen molar-refractivity contribution in [1.82, 2.24) is 4.57 Å².